The van der Waals surface area contributed by atoms with Gasteiger partial charge in [-0.1, -0.05) is 20.3 Å². The van der Waals surface area contributed by atoms with E-state index in [0.29, 0.717) is 12.5 Å². The van der Waals surface area contributed by atoms with E-state index in [0.717, 1.165) is 12.8 Å². The van der Waals surface area contributed by atoms with Crippen LogP contribution in [0.3, 0.4) is 0 Å². The molecule has 0 aromatic heterocycles. The van der Waals surface area contributed by atoms with Crippen LogP contribution in [0.25, 0.3) is 0 Å². The Hall–Kier alpha value is -0.0800. The van der Waals surface area contributed by atoms with Crippen molar-refractivity contribution >= 4 is 0 Å². The Kier molecular flexibility index (Phi) is 5.64. The zero-order valence-corrected chi connectivity index (χ0v) is 7.13. The molecule has 0 aromatic carbocycles. The lowest BCUT2D eigenvalue weighted by Gasteiger charge is -2.16. The van der Waals surface area contributed by atoms with E-state index >= 15 is 0 Å². The molecule has 0 radical (unpaired) electrons. The summed E-state index contributed by atoms with van der Waals surface area (Å²) in [5.74, 6) is 0.366. The number of ether oxygens (including phenoxy) is 1. The van der Waals surface area contributed by atoms with Crippen LogP contribution in [-0.2, 0) is 4.74 Å². The van der Waals surface area contributed by atoms with Crippen LogP contribution < -0.4 is 0 Å². The summed E-state index contributed by atoms with van der Waals surface area (Å²) in [6, 6.07) is 0. The Balaban J connectivity index is 3.38. The van der Waals surface area contributed by atoms with Crippen LogP contribution in [0.1, 0.15) is 26.7 Å². The lowest BCUT2D eigenvalue weighted by molar-refractivity contribution is 0.0279. The van der Waals surface area contributed by atoms with Crippen LogP contribution in [0.2, 0.25) is 0 Å². The fourth-order valence-corrected chi connectivity index (χ4v) is 0.983. The van der Waals surface area contributed by atoms with Gasteiger partial charge in [0.2, 0.25) is 0 Å². The number of hydrogen-bond donors (Lipinski definition) is 1. The van der Waals surface area contributed by atoms with Gasteiger partial charge in [-0.25, -0.2) is 0 Å². The molecule has 0 aromatic rings. The molecule has 62 valence electrons. The SMILES string of the molecule is CCC[C@@H](C)C(O)COC. The highest BCUT2D eigenvalue weighted by Gasteiger charge is 2.11. The molecular weight excluding hydrogens is 128 g/mol. The molecule has 0 rings (SSSR count). The highest BCUT2D eigenvalue weighted by Crippen LogP contribution is 2.09. The van der Waals surface area contributed by atoms with Gasteiger partial charge < -0.3 is 9.84 Å². The maximum absolute atomic E-state index is 9.32. The topological polar surface area (TPSA) is 29.5 Å². The zero-order chi connectivity index (χ0) is 7.98. The van der Waals surface area contributed by atoms with Crippen LogP contribution in [0.5, 0.6) is 0 Å². The van der Waals surface area contributed by atoms with E-state index in [1.54, 1.807) is 7.11 Å². The summed E-state index contributed by atoms with van der Waals surface area (Å²) < 4.78 is 4.82. The van der Waals surface area contributed by atoms with Gasteiger partial charge in [0, 0.05) is 7.11 Å². The molecular formula is C8H18O2. The first-order valence-corrected chi connectivity index (χ1v) is 3.89. The minimum atomic E-state index is -0.287. The summed E-state index contributed by atoms with van der Waals surface area (Å²) in [5, 5.41) is 9.32. The lowest BCUT2D eigenvalue weighted by atomic mass is 10.0. The van der Waals surface area contributed by atoms with Crippen molar-refractivity contribution < 1.29 is 9.84 Å². The summed E-state index contributed by atoms with van der Waals surface area (Å²) >= 11 is 0. The van der Waals surface area contributed by atoms with Crippen LogP contribution in [0.4, 0.5) is 0 Å². The Morgan fingerprint density at radius 2 is 2.10 bits per heavy atom. The minimum absolute atomic E-state index is 0.287. The maximum Gasteiger partial charge on any atom is 0.0798 e. The predicted octanol–water partition coefficient (Wildman–Crippen LogP) is 1.43. The van der Waals surface area contributed by atoms with E-state index in [9.17, 15) is 5.11 Å². The molecule has 0 amide bonds. The first-order chi connectivity index (χ1) is 4.72. The monoisotopic (exact) mass is 146 g/mol. The van der Waals surface area contributed by atoms with Crippen LogP contribution >= 0.6 is 0 Å². The number of aliphatic hydroxyl groups excluding tert-OH is 1. The summed E-state index contributed by atoms with van der Waals surface area (Å²) in [6.07, 6.45) is 1.91. The van der Waals surface area contributed by atoms with Gasteiger partial charge in [0.05, 0.1) is 12.7 Å². The molecule has 1 N–H and O–H groups in total. The molecule has 0 bridgehead atoms. The molecule has 2 heteroatoms. The maximum atomic E-state index is 9.32. The number of methoxy groups -OCH3 is 1. The number of rotatable bonds is 5. The molecule has 1 unspecified atom stereocenters. The van der Waals surface area contributed by atoms with E-state index in [1.807, 2.05) is 6.92 Å². The summed E-state index contributed by atoms with van der Waals surface area (Å²) in [5.41, 5.74) is 0. The van der Waals surface area contributed by atoms with Gasteiger partial charge in [-0.3, -0.25) is 0 Å². The van der Waals surface area contributed by atoms with E-state index in [4.69, 9.17) is 4.74 Å². The number of hydrogen-bond acceptors (Lipinski definition) is 2. The van der Waals surface area contributed by atoms with Crippen molar-refractivity contribution in [2.75, 3.05) is 13.7 Å². The number of aliphatic hydroxyl groups is 1. The summed E-state index contributed by atoms with van der Waals surface area (Å²) in [7, 11) is 1.61. The first-order valence-electron chi connectivity index (χ1n) is 3.89. The quantitative estimate of drug-likeness (QED) is 0.635. The molecule has 0 fully saturated rings. The van der Waals surface area contributed by atoms with Gasteiger partial charge in [0.1, 0.15) is 0 Å². The smallest absolute Gasteiger partial charge is 0.0798 e. The lowest BCUT2D eigenvalue weighted by Crippen LogP contribution is -2.22. The molecule has 0 saturated carbocycles. The van der Waals surface area contributed by atoms with E-state index in [2.05, 4.69) is 6.92 Å². The average Bonchev–Trinajstić information content (AvgIpc) is 1.89. The zero-order valence-electron chi connectivity index (χ0n) is 7.13. The van der Waals surface area contributed by atoms with Gasteiger partial charge in [-0.15, -0.1) is 0 Å². The Morgan fingerprint density at radius 1 is 1.50 bits per heavy atom. The van der Waals surface area contributed by atoms with Gasteiger partial charge in [0.15, 0.2) is 0 Å². The van der Waals surface area contributed by atoms with E-state index in [1.165, 1.54) is 0 Å². The van der Waals surface area contributed by atoms with Gasteiger partial charge in [-0.05, 0) is 12.3 Å². The third-order valence-electron chi connectivity index (χ3n) is 1.74. The predicted molar refractivity (Wildman–Crippen MR) is 42.0 cm³/mol. The van der Waals surface area contributed by atoms with Crippen molar-refractivity contribution in [3.8, 4) is 0 Å². The molecule has 0 aliphatic carbocycles. The molecule has 0 aliphatic rings. The minimum Gasteiger partial charge on any atom is -0.390 e. The third-order valence-corrected chi connectivity index (χ3v) is 1.74. The molecule has 2 nitrogen and oxygen atoms in total. The van der Waals surface area contributed by atoms with Crippen molar-refractivity contribution in [3.05, 3.63) is 0 Å². The second-order valence-electron chi connectivity index (χ2n) is 2.79. The molecule has 0 spiro atoms. The van der Waals surface area contributed by atoms with Crippen LogP contribution in [-0.4, -0.2) is 24.9 Å². The second kappa shape index (κ2) is 5.69. The van der Waals surface area contributed by atoms with Gasteiger partial charge in [0.25, 0.3) is 0 Å². The average molecular weight is 146 g/mol. The van der Waals surface area contributed by atoms with Crippen molar-refractivity contribution in [1.29, 1.82) is 0 Å². The third kappa shape index (κ3) is 3.85. The normalized spacial score (nSPS) is 16.8. The molecule has 0 saturated heterocycles. The van der Waals surface area contributed by atoms with Crippen LogP contribution in [0.15, 0.2) is 0 Å². The van der Waals surface area contributed by atoms with Crippen molar-refractivity contribution in [1.82, 2.24) is 0 Å². The Morgan fingerprint density at radius 3 is 2.50 bits per heavy atom. The fourth-order valence-electron chi connectivity index (χ4n) is 0.983. The molecule has 0 aliphatic heterocycles. The molecule has 0 heterocycles. The summed E-state index contributed by atoms with van der Waals surface area (Å²) in [4.78, 5) is 0. The standard InChI is InChI=1S/C8H18O2/c1-4-5-7(2)8(9)6-10-3/h7-9H,4-6H2,1-3H3/t7-,8?/m1/s1. The van der Waals surface area contributed by atoms with Gasteiger partial charge >= 0.3 is 0 Å². The highest BCUT2D eigenvalue weighted by atomic mass is 16.5. The van der Waals surface area contributed by atoms with E-state index in [-0.39, 0.29) is 6.10 Å². The largest absolute Gasteiger partial charge is 0.390 e. The van der Waals surface area contributed by atoms with Crippen molar-refractivity contribution in [2.45, 2.75) is 32.8 Å². The summed E-state index contributed by atoms with van der Waals surface area (Å²) in [6.45, 7) is 4.63. The molecule has 2 atom stereocenters. The Labute approximate surface area is 63.2 Å². The van der Waals surface area contributed by atoms with Crippen molar-refractivity contribution in [3.63, 3.8) is 0 Å². The highest BCUT2D eigenvalue weighted by molar-refractivity contribution is 4.62. The first kappa shape index (κ1) is 9.92. The van der Waals surface area contributed by atoms with Crippen molar-refractivity contribution in [2.24, 2.45) is 5.92 Å². The van der Waals surface area contributed by atoms with Gasteiger partial charge in [-0.2, -0.15) is 0 Å². The van der Waals surface area contributed by atoms with E-state index < -0.39 is 0 Å². The molecule has 10 heavy (non-hydrogen) atoms. The fraction of sp³-hybridized carbons (Fsp3) is 1.00. The Bertz CT molecular complexity index is 63.7. The second-order valence-corrected chi connectivity index (χ2v) is 2.79. The van der Waals surface area contributed by atoms with Crippen LogP contribution in [0, 0.1) is 5.92 Å².